The van der Waals surface area contributed by atoms with E-state index in [2.05, 4.69) is 146 Å². The third-order valence-electron chi connectivity index (χ3n) is 11.0. The molecule has 0 N–H and O–H groups in total. The number of aromatic nitrogens is 1. The molecular weight excluding hydrogens is 518 g/mol. The second-order valence-electron chi connectivity index (χ2n) is 13.4. The van der Waals surface area contributed by atoms with Crippen molar-refractivity contribution >= 4 is 21.8 Å². The van der Waals surface area contributed by atoms with Gasteiger partial charge in [-0.15, -0.1) is 0 Å². The van der Waals surface area contributed by atoms with Crippen LogP contribution in [0, 0.1) is 0 Å². The number of hydrogen-bond acceptors (Lipinski definition) is 0. The van der Waals surface area contributed by atoms with Crippen LogP contribution in [0.25, 0.3) is 49.7 Å². The van der Waals surface area contributed by atoms with E-state index in [0.29, 0.717) is 0 Å². The number of hydrogen-bond donors (Lipinski definition) is 0. The van der Waals surface area contributed by atoms with E-state index in [-0.39, 0.29) is 10.8 Å². The summed E-state index contributed by atoms with van der Waals surface area (Å²) in [4.78, 5) is 0. The van der Waals surface area contributed by atoms with Gasteiger partial charge in [0.25, 0.3) is 0 Å². The Kier molecular flexibility index (Phi) is 4.37. The molecule has 10 rings (SSSR count). The summed E-state index contributed by atoms with van der Waals surface area (Å²) in [6.45, 7) is 4.74. The summed E-state index contributed by atoms with van der Waals surface area (Å²) < 4.78 is 2.51. The molecule has 3 aliphatic rings. The molecule has 0 atom stereocenters. The zero-order chi connectivity index (χ0) is 28.5. The zero-order valence-corrected chi connectivity index (χ0v) is 24.5. The van der Waals surface area contributed by atoms with Gasteiger partial charge in [-0.2, -0.15) is 0 Å². The van der Waals surface area contributed by atoms with E-state index in [4.69, 9.17) is 0 Å². The molecule has 1 spiro atoms. The van der Waals surface area contributed by atoms with Crippen LogP contribution in [-0.4, -0.2) is 4.57 Å². The van der Waals surface area contributed by atoms with Gasteiger partial charge in [-0.25, -0.2) is 0 Å². The van der Waals surface area contributed by atoms with Gasteiger partial charge in [-0.05, 0) is 92.7 Å². The first-order valence-corrected chi connectivity index (χ1v) is 15.5. The third-order valence-corrected chi connectivity index (χ3v) is 11.0. The van der Waals surface area contributed by atoms with Crippen molar-refractivity contribution in [3.8, 4) is 27.9 Å². The molecule has 204 valence electrons. The van der Waals surface area contributed by atoms with E-state index in [0.717, 1.165) is 12.8 Å². The Morgan fingerprint density at radius 2 is 1.16 bits per heavy atom. The first-order chi connectivity index (χ1) is 21.0. The number of benzene rings is 6. The Hall–Kier alpha value is -4.88. The fourth-order valence-electron chi connectivity index (χ4n) is 8.98. The van der Waals surface area contributed by atoms with Gasteiger partial charge in [0.1, 0.15) is 0 Å². The minimum atomic E-state index is -0.0501. The SMILES string of the molecule is CC1(C)c2ccccc2-n2c3ccc(-c4ccc5c(c4)C4(Cc6ccccc6C4)c4ccccc4-5)cc3c3cccc1c32. The Bertz CT molecular complexity index is 2300. The van der Waals surface area contributed by atoms with Crippen LogP contribution >= 0.6 is 0 Å². The molecule has 6 aromatic carbocycles. The maximum atomic E-state index is 2.52. The van der Waals surface area contributed by atoms with Crippen LogP contribution in [0.5, 0.6) is 0 Å². The van der Waals surface area contributed by atoms with E-state index < -0.39 is 0 Å². The van der Waals surface area contributed by atoms with Crippen LogP contribution in [0.2, 0.25) is 0 Å². The molecule has 2 heterocycles. The van der Waals surface area contributed by atoms with E-state index in [1.807, 2.05) is 0 Å². The lowest BCUT2D eigenvalue weighted by Gasteiger charge is -2.34. The predicted molar refractivity (Wildman–Crippen MR) is 178 cm³/mol. The quantitative estimate of drug-likeness (QED) is 0.192. The highest BCUT2D eigenvalue weighted by molar-refractivity contribution is 6.12. The van der Waals surface area contributed by atoms with E-state index >= 15 is 0 Å². The van der Waals surface area contributed by atoms with Gasteiger partial charge in [0.05, 0.1) is 16.7 Å². The van der Waals surface area contributed by atoms with Gasteiger partial charge in [0, 0.05) is 21.6 Å². The summed E-state index contributed by atoms with van der Waals surface area (Å²) >= 11 is 0. The van der Waals surface area contributed by atoms with Crippen LogP contribution in [0.3, 0.4) is 0 Å². The van der Waals surface area contributed by atoms with Crippen molar-refractivity contribution < 1.29 is 0 Å². The smallest absolute Gasteiger partial charge is 0.0582 e. The zero-order valence-electron chi connectivity index (χ0n) is 24.5. The summed E-state index contributed by atoms with van der Waals surface area (Å²) in [7, 11) is 0. The molecule has 1 nitrogen and oxygen atoms in total. The van der Waals surface area contributed by atoms with Crippen LogP contribution in [0.4, 0.5) is 0 Å². The highest BCUT2D eigenvalue weighted by atomic mass is 15.0. The molecule has 0 unspecified atom stereocenters. The number of nitrogens with zero attached hydrogens (tertiary/aromatic N) is 1. The molecule has 7 aromatic rings. The summed E-state index contributed by atoms with van der Waals surface area (Å²) in [6, 6.07) is 48.4. The van der Waals surface area contributed by atoms with Crippen LogP contribution in [-0.2, 0) is 23.7 Å². The van der Waals surface area contributed by atoms with Gasteiger partial charge >= 0.3 is 0 Å². The molecule has 0 saturated carbocycles. The highest BCUT2D eigenvalue weighted by Gasteiger charge is 2.47. The molecule has 0 saturated heterocycles. The fourth-order valence-corrected chi connectivity index (χ4v) is 8.98. The summed E-state index contributed by atoms with van der Waals surface area (Å²) in [6.07, 6.45) is 2.14. The van der Waals surface area contributed by atoms with Gasteiger partial charge in [-0.1, -0.05) is 117 Å². The van der Waals surface area contributed by atoms with Crippen molar-refractivity contribution in [2.24, 2.45) is 0 Å². The summed E-state index contributed by atoms with van der Waals surface area (Å²) in [5.74, 6) is 0. The standard InChI is InChI=1S/C42H31N/c1-41(2)35-15-7-8-17-39(35)43-38-21-19-26(22-33(38)32-13-9-16-36(41)40(32)43)27-18-20-31-30-12-5-6-14-34(30)42(37(31)23-27)24-28-10-3-4-11-29(28)25-42/h3-23H,24-25H2,1-2H3. The van der Waals surface area contributed by atoms with Gasteiger partial charge in [0.2, 0.25) is 0 Å². The monoisotopic (exact) mass is 549 g/mol. The third kappa shape index (κ3) is 2.88. The minimum Gasteiger partial charge on any atom is -0.309 e. The Balaban J connectivity index is 1.19. The van der Waals surface area contributed by atoms with Crippen molar-refractivity contribution in [1.82, 2.24) is 4.57 Å². The topological polar surface area (TPSA) is 4.93 Å². The van der Waals surface area contributed by atoms with Crippen LogP contribution in [0.15, 0.2) is 127 Å². The van der Waals surface area contributed by atoms with Gasteiger partial charge in [0.15, 0.2) is 0 Å². The van der Waals surface area contributed by atoms with E-state index in [1.54, 1.807) is 0 Å². The Morgan fingerprint density at radius 1 is 0.512 bits per heavy atom. The molecular formula is C42H31N. The van der Waals surface area contributed by atoms with Crippen LogP contribution < -0.4 is 0 Å². The molecule has 43 heavy (non-hydrogen) atoms. The maximum Gasteiger partial charge on any atom is 0.0582 e. The van der Waals surface area contributed by atoms with Crippen molar-refractivity contribution in [2.45, 2.75) is 37.5 Å². The normalized spacial score (nSPS) is 16.3. The van der Waals surface area contributed by atoms with Gasteiger partial charge < -0.3 is 4.57 Å². The second kappa shape index (κ2) is 7.94. The van der Waals surface area contributed by atoms with Crippen molar-refractivity contribution in [3.05, 3.63) is 161 Å². The minimum absolute atomic E-state index is 0.00863. The lowest BCUT2D eigenvalue weighted by atomic mass is 9.75. The molecule has 1 aromatic heterocycles. The fraction of sp³-hybridized carbons (Fsp3) is 0.143. The van der Waals surface area contributed by atoms with E-state index in [1.165, 1.54) is 83.1 Å². The molecule has 0 fully saturated rings. The van der Waals surface area contributed by atoms with E-state index in [9.17, 15) is 0 Å². The van der Waals surface area contributed by atoms with Crippen molar-refractivity contribution in [2.75, 3.05) is 0 Å². The average Bonchev–Trinajstić information content (AvgIpc) is 3.68. The Morgan fingerprint density at radius 3 is 2.00 bits per heavy atom. The Labute approximate surface area is 252 Å². The first kappa shape index (κ1) is 23.7. The number of para-hydroxylation sites is 2. The summed E-state index contributed by atoms with van der Waals surface area (Å²) in [5.41, 5.74) is 18.0. The lowest BCUT2D eigenvalue weighted by molar-refractivity contribution is 0.564. The van der Waals surface area contributed by atoms with Gasteiger partial charge in [-0.3, -0.25) is 0 Å². The molecule has 0 bridgehead atoms. The largest absolute Gasteiger partial charge is 0.309 e. The van der Waals surface area contributed by atoms with Crippen molar-refractivity contribution in [1.29, 1.82) is 0 Å². The average molecular weight is 550 g/mol. The summed E-state index contributed by atoms with van der Waals surface area (Å²) in [5, 5.41) is 2.67. The number of fused-ring (bicyclic) bond motifs is 11. The maximum absolute atomic E-state index is 2.52. The lowest BCUT2D eigenvalue weighted by Crippen LogP contribution is -2.26. The molecule has 2 aliphatic carbocycles. The van der Waals surface area contributed by atoms with Crippen LogP contribution in [0.1, 0.15) is 47.2 Å². The molecule has 0 radical (unpaired) electrons. The molecule has 1 heteroatoms. The molecule has 0 amide bonds. The molecule has 1 aliphatic heterocycles. The predicted octanol–water partition coefficient (Wildman–Crippen LogP) is 10.2. The van der Waals surface area contributed by atoms with Crippen molar-refractivity contribution in [3.63, 3.8) is 0 Å². The second-order valence-corrected chi connectivity index (χ2v) is 13.4. The number of rotatable bonds is 1. The highest BCUT2D eigenvalue weighted by Crippen LogP contribution is 2.56. The first-order valence-electron chi connectivity index (χ1n) is 15.5.